The van der Waals surface area contributed by atoms with Crippen LogP contribution in [0.25, 0.3) is 10.9 Å². The summed E-state index contributed by atoms with van der Waals surface area (Å²) in [7, 11) is 0. The first-order valence-electron chi connectivity index (χ1n) is 5.39. The highest BCUT2D eigenvalue weighted by Crippen LogP contribution is 2.20. The summed E-state index contributed by atoms with van der Waals surface area (Å²) in [5.41, 5.74) is 7.02. The topological polar surface area (TPSA) is 65.2 Å². The smallest absolute Gasteiger partial charge is 0.258 e. The minimum absolute atomic E-state index is 0.480. The Morgan fingerprint density at radius 2 is 2.12 bits per heavy atom. The second-order valence-corrected chi connectivity index (χ2v) is 3.97. The van der Waals surface area contributed by atoms with Gasteiger partial charge in [0.25, 0.3) is 5.91 Å². The van der Waals surface area contributed by atoms with Crippen molar-refractivity contribution in [3.63, 3.8) is 0 Å². The monoisotopic (exact) mass is 230 g/mol. The number of carbonyl (C=O) groups excluding carboxylic acids is 1. The van der Waals surface area contributed by atoms with E-state index in [1.54, 1.807) is 13.0 Å². The van der Waals surface area contributed by atoms with Crippen LogP contribution in [0.2, 0.25) is 0 Å². The van der Waals surface area contributed by atoms with Gasteiger partial charge in [0.15, 0.2) is 6.10 Å². The van der Waals surface area contributed by atoms with Crippen molar-refractivity contribution < 1.29 is 9.53 Å². The number of ether oxygens (including phenoxy) is 1. The zero-order chi connectivity index (χ0) is 12.4. The maximum atomic E-state index is 10.9. The Morgan fingerprint density at radius 1 is 1.35 bits per heavy atom. The number of fused-ring (bicyclic) bond motifs is 1. The molecule has 0 aliphatic heterocycles. The van der Waals surface area contributed by atoms with Crippen molar-refractivity contribution in [2.75, 3.05) is 0 Å². The average molecular weight is 230 g/mol. The van der Waals surface area contributed by atoms with Gasteiger partial charge in [-0.05, 0) is 38.1 Å². The van der Waals surface area contributed by atoms with Gasteiger partial charge in [-0.1, -0.05) is 6.07 Å². The zero-order valence-electron chi connectivity index (χ0n) is 9.81. The van der Waals surface area contributed by atoms with Gasteiger partial charge >= 0.3 is 0 Å². The lowest BCUT2D eigenvalue weighted by Gasteiger charge is -2.11. The molecule has 0 radical (unpaired) electrons. The molecule has 0 fully saturated rings. The van der Waals surface area contributed by atoms with Crippen LogP contribution < -0.4 is 10.5 Å². The number of aromatic nitrogens is 1. The van der Waals surface area contributed by atoms with Gasteiger partial charge in [0.2, 0.25) is 0 Å². The van der Waals surface area contributed by atoms with E-state index in [-0.39, 0.29) is 0 Å². The van der Waals surface area contributed by atoms with Crippen LogP contribution in [0.15, 0.2) is 30.3 Å². The van der Waals surface area contributed by atoms with E-state index in [4.69, 9.17) is 10.5 Å². The average Bonchev–Trinajstić information content (AvgIpc) is 2.29. The minimum atomic E-state index is -0.633. The Balaban J connectivity index is 2.32. The highest BCUT2D eigenvalue weighted by atomic mass is 16.5. The molecule has 4 heteroatoms. The zero-order valence-corrected chi connectivity index (χ0v) is 9.81. The predicted molar refractivity (Wildman–Crippen MR) is 65.8 cm³/mol. The van der Waals surface area contributed by atoms with Crippen molar-refractivity contribution in [3.05, 3.63) is 36.0 Å². The van der Waals surface area contributed by atoms with Gasteiger partial charge in [-0.3, -0.25) is 9.78 Å². The lowest BCUT2D eigenvalue weighted by molar-refractivity contribution is -0.123. The molecule has 1 amide bonds. The van der Waals surface area contributed by atoms with Crippen molar-refractivity contribution in [2.45, 2.75) is 20.0 Å². The number of hydrogen-bond donors (Lipinski definition) is 1. The van der Waals surface area contributed by atoms with E-state index in [2.05, 4.69) is 4.98 Å². The molecule has 0 aliphatic rings. The standard InChI is InChI=1S/C13H14N2O2/c1-8-3-4-10-7-11(5-6-12(10)15-8)17-9(2)13(14)16/h3-7,9H,1-2H3,(H2,14,16). The van der Waals surface area contributed by atoms with Crippen LogP contribution in [-0.4, -0.2) is 17.0 Å². The molecular weight excluding hydrogens is 216 g/mol. The van der Waals surface area contributed by atoms with E-state index in [0.717, 1.165) is 16.6 Å². The van der Waals surface area contributed by atoms with Crippen molar-refractivity contribution in [1.29, 1.82) is 0 Å². The lowest BCUT2D eigenvalue weighted by Crippen LogP contribution is -2.30. The SMILES string of the molecule is Cc1ccc2cc(OC(C)C(N)=O)ccc2n1. The molecule has 0 saturated heterocycles. The van der Waals surface area contributed by atoms with Gasteiger partial charge in [-0.25, -0.2) is 0 Å². The molecule has 0 aliphatic carbocycles. The van der Waals surface area contributed by atoms with Crippen LogP contribution in [0.1, 0.15) is 12.6 Å². The third kappa shape index (κ3) is 2.53. The minimum Gasteiger partial charge on any atom is -0.481 e. The number of amides is 1. The number of rotatable bonds is 3. The second kappa shape index (κ2) is 4.41. The van der Waals surface area contributed by atoms with Crippen molar-refractivity contribution in [1.82, 2.24) is 4.98 Å². The molecule has 2 aromatic rings. The molecule has 1 atom stereocenters. The normalized spacial score (nSPS) is 12.4. The molecule has 0 bridgehead atoms. The van der Waals surface area contributed by atoms with Gasteiger partial charge < -0.3 is 10.5 Å². The molecule has 1 unspecified atom stereocenters. The first-order chi connectivity index (χ1) is 8.06. The number of benzene rings is 1. The number of primary amides is 1. The third-order valence-electron chi connectivity index (χ3n) is 2.51. The van der Waals surface area contributed by atoms with Crippen LogP contribution in [-0.2, 0) is 4.79 Å². The molecule has 0 saturated carbocycles. The largest absolute Gasteiger partial charge is 0.481 e. The van der Waals surface area contributed by atoms with E-state index < -0.39 is 12.0 Å². The Morgan fingerprint density at radius 3 is 2.82 bits per heavy atom. The van der Waals surface area contributed by atoms with E-state index in [1.807, 2.05) is 31.2 Å². The van der Waals surface area contributed by atoms with Crippen molar-refractivity contribution in [2.24, 2.45) is 5.73 Å². The molecule has 88 valence electrons. The number of carbonyl (C=O) groups is 1. The van der Waals surface area contributed by atoms with Crippen LogP contribution >= 0.6 is 0 Å². The first-order valence-corrected chi connectivity index (χ1v) is 5.39. The number of nitrogens with zero attached hydrogens (tertiary/aromatic N) is 1. The van der Waals surface area contributed by atoms with Gasteiger partial charge in [-0.2, -0.15) is 0 Å². The predicted octanol–water partition coefficient (Wildman–Crippen LogP) is 1.80. The number of aryl methyl sites for hydroxylation is 1. The van der Waals surface area contributed by atoms with Gasteiger partial charge in [0, 0.05) is 11.1 Å². The molecule has 1 aromatic carbocycles. The second-order valence-electron chi connectivity index (χ2n) is 3.97. The Labute approximate surface area is 99.4 Å². The Kier molecular flexibility index (Phi) is 2.95. The van der Waals surface area contributed by atoms with Crippen molar-refractivity contribution >= 4 is 16.8 Å². The summed E-state index contributed by atoms with van der Waals surface area (Å²) in [6.45, 7) is 3.57. The van der Waals surface area contributed by atoms with E-state index in [9.17, 15) is 4.79 Å². The summed E-state index contributed by atoms with van der Waals surface area (Å²) in [4.78, 5) is 15.3. The summed E-state index contributed by atoms with van der Waals surface area (Å²) in [6, 6.07) is 9.41. The molecule has 2 rings (SSSR count). The molecule has 2 N–H and O–H groups in total. The van der Waals surface area contributed by atoms with E-state index in [0.29, 0.717) is 5.75 Å². The lowest BCUT2D eigenvalue weighted by atomic mass is 10.2. The quantitative estimate of drug-likeness (QED) is 0.874. The summed E-state index contributed by atoms with van der Waals surface area (Å²) in [6.07, 6.45) is -0.633. The van der Waals surface area contributed by atoms with E-state index in [1.165, 1.54) is 0 Å². The summed E-state index contributed by atoms with van der Waals surface area (Å²) in [5.74, 6) is 0.140. The number of pyridine rings is 1. The molecule has 1 heterocycles. The van der Waals surface area contributed by atoms with Crippen LogP contribution in [0.4, 0.5) is 0 Å². The summed E-state index contributed by atoms with van der Waals surface area (Å²) in [5, 5.41) is 0.977. The first kappa shape index (κ1) is 11.4. The fraction of sp³-hybridized carbons (Fsp3) is 0.231. The van der Waals surface area contributed by atoms with Crippen LogP contribution in [0.3, 0.4) is 0 Å². The Hall–Kier alpha value is -2.10. The fourth-order valence-electron chi connectivity index (χ4n) is 1.54. The molecule has 0 spiro atoms. The van der Waals surface area contributed by atoms with Crippen LogP contribution in [0.5, 0.6) is 5.75 Å². The fourth-order valence-corrected chi connectivity index (χ4v) is 1.54. The number of nitrogens with two attached hydrogens (primary N) is 1. The molecule has 17 heavy (non-hydrogen) atoms. The number of hydrogen-bond acceptors (Lipinski definition) is 3. The van der Waals surface area contributed by atoms with Gasteiger partial charge in [0.05, 0.1) is 5.52 Å². The Bertz CT molecular complexity index is 566. The molecule has 4 nitrogen and oxygen atoms in total. The van der Waals surface area contributed by atoms with Gasteiger partial charge in [-0.15, -0.1) is 0 Å². The van der Waals surface area contributed by atoms with Gasteiger partial charge in [0.1, 0.15) is 5.75 Å². The summed E-state index contributed by atoms with van der Waals surface area (Å²) >= 11 is 0. The highest BCUT2D eigenvalue weighted by Gasteiger charge is 2.10. The summed E-state index contributed by atoms with van der Waals surface area (Å²) < 4.78 is 5.41. The maximum Gasteiger partial charge on any atom is 0.258 e. The highest BCUT2D eigenvalue weighted by molar-refractivity contribution is 5.81. The van der Waals surface area contributed by atoms with Crippen LogP contribution in [0, 0.1) is 6.92 Å². The maximum absolute atomic E-state index is 10.9. The van der Waals surface area contributed by atoms with E-state index >= 15 is 0 Å². The van der Waals surface area contributed by atoms with Crippen molar-refractivity contribution in [3.8, 4) is 5.75 Å². The third-order valence-corrected chi connectivity index (χ3v) is 2.51. The molecular formula is C13H14N2O2. The molecule has 1 aromatic heterocycles.